The van der Waals surface area contributed by atoms with Crippen LogP contribution in [0.2, 0.25) is 0 Å². The van der Waals surface area contributed by atoms with E-state index in [4.69, 9.17) is 5.11 Å². The highest BCUT2D eigenvalue weighted by molar-refractivity contribution is 8.00. The van der Waals surface area contributed by atoms with Gasteiger partial charge in [-0.15, -0.1) is 11.8 Å². The van der Waals surface area contributed by atoms with Gasteiger partial charge in [-0.3, -0.25) is 4.79 Å². The van der Waals surface area contributed by atoms with Gasteiger partial charge < -0.3 is 10.4 Å². The van der Waals surface area contributed by atoms with Gasteiger partial charge in [0.25, 0.3) is 0 Å². The first-order valence-electron chi connectivity index (χ1n) is 6.22. The van der Waals surface area contributed by atoms with E-state index in [2.05, 4.69) is 19.2 Å². The molecule has 1 rings (SSSR count). The van der Waals surface area contributed by atoms with Crippen molar-refractivity contribution in [3.63, 3.8) is 0 Å². The Labute approximate surface area is 117 Å². The number of aromatic carboxylic acids is 1. The van der Waals surface area contributed by atoms with Crippen molar-refractivity contribution in [2.75, 3.05) is 12.3 Å². The number of carbonyl (C=O) groups excluding carboxylic acids is 1. The van der Waals surface area contributed by atoms with Gasteiger partial charge in [0.1, 0.15) is 0 Å². The lowest BCUT2D eigenvalue weighted by molar-refractivity contribution is -0.118. The fraction of sp³-hybridized carbons (Fsp3) is 0.429. The summed E-state index contributed by atoms with van der Waals surface area (Å²) in [7, 11) is 0. The molecule has 1 aromatic carbocycles. The molecule has 0 atom stereocenters. The maximum absolute atomic E-state index is 11.5. The van der Waals surface area contributed by atoms with Crippen molar-refractivity contribution < 1.29 is 14.7 Å². The molecule has 0 bridgehead atoms. The van der Waals surface area contributed by atoms with Crippen LogP contribution in [0, 0.1) is 5.92 Å². The lowest BCUT2D eigenvalue weighted by Crippen LogP contribution is -2.26. The van der Waals surface area contributed by atoms with Crippen LogP contribution in [0.15, 0.2) is 29.2 Å². The minimum Gasteiger partial charge on any atom is -0.478 e. The van der Waals surface area contributed by atoms with Crippen LogP contribution in [0.1, 0.15) is 30.6 Å². The van der Waals surface area contributed by atoms with E-state index in [1.165, 1.54) is 11.8 Å². The molecule has 0 heterocycles. The topological polar surface area (TPSA) is 66.4 Å². The predicted molar refractivity (Wildman–Crippen MR) is 76.6 cm³/mol. The second kappa shape index (κ2) is 7.84. The zero-order valence-electron chi connectivity index (χ0n) is 11.2. The molecule has 0 fully saturated rings. The molecule has 0 saturated heterocycles. The number of carboxylic acid groups (broad SMARTS) is 1. The number of thioether (sulfide) groups is 1. The molecule has 0 radical (unpaired) electrons. The molecule has 2 N–H and O–H groups in total. The zero-order valence-corrected chi connectivity index (χ0v) is 12.0. The van der Waals surface area contributed by atoms with Gasteiger partial charge in [-0.25, -0.2) is 4.79 Å². The highest BCUT2D eigenvalue weighted by Gasteiger charge is 2.05. The molecule has 1 aromatic rings. The molecule has 0 spiro atoms. The van der Waals surface area contributed by atoms with E-state index in [1.807, 2.05) is 0 Å². The maximum Gasteiger partial charge on any atom is 0.335 e. The molecule has 0 aromatic heterocycles. The van der Waals surface area contributed by atoms with Gasteiger partial charge in [-0.1, -0.05) is 13.8 Å². The predicted octanol–water partition coefficient (Wildman–Crippen LogP) is 2.64. The van der Waals surface area contributed by atoms with Gasteiger partial charge in [0, 0.05) is 11.4 Å². The molecule has 0 unspecified atom stereocenters. The van der Waals surface area contributed by atoms with Gasteiger partial charge in [0.2, 0.25) is 5.91 Å². The van der Waals surface area contributed by atoms with E-state index in [0.717, 1.165) is 11.3 Å². The van der Waals surface area contributed by atoms with Crippen LogP contribution in [0.25, 0.3) is 0 Å². The highest BCUT2D eigenvalue weighted by atomic mass is 32.2. The van der Waals surface area contributed by atoms with E-state index in [-0.39, 0.29) is 11.5 Å². The third-order valence-corrected chi connectivity index (χ3v) is 3.53. The van der Waals surface area contributed by atoms with Crippen LogP contribution in [-0.2, 0) is 4.79 Å². The SMILES string of the molecule is CC(C)CCNC(=O)CSc1ccc(C(=O)O)cc1. The summed E-state index contributed by atoms with van der Waals surface area (Å²) in [6, 6.07) is 6.52. The van der Waals surface area contributed by atoms with Crippen LogP contribution < -0.4 is 5.32 Å². The van der Waals surface area contributed by atoms with E-state index >= 15 is 0 Å². The summed E-state index contributed by atoms with van der Waals surface area (Å²) in [5.41, 5.74) is 0.255. The Hall–Kier alpha value is -1.49. The van der Waals surface area contributed by atoms with Gasteiger partial charge in [-0.2, -0.15) is 0 Å². The molecule has 0 saturated carbocycles. The second-order valence-corrected chi connectivity index (χ2v) is 5.70. The Balaban J connectivity index is 2.32. The Morgan fingerprint density at radius 1 is 1.26 bits per heavy atom. The van der Waals surface area contributed by atoms with Gasteiger partial charge in [0.15, 0.2) is 0 Å². The molecular formula is C14H19NO3S. The number of hydrogen-bond acceptors (Lipinski definition) is 3. The average Bonchev–Trinajstić information content (AvgIpc) is 2.36. The quantitative estimate of drug-likeness (QED) is 0.754. The van der Waals surface area contributed by atoms with Gasteiger partial charge in [0.05, 0.1) is 11.3 Å². The molecule has 0 aliphatic carbocycles. The van der Waals surface area contributed by atoms with Crippen molar-refractivity contribution in [2.24, 2.45) is 5.92 Å². The van der Waals surface area contributed by atoms with Crippen molar-refractivity contribution >= 4 is 23.6 Å². The third-order valence-electron chi connectivity index (χ3n) is 2.52. The van der Waals surface area contributed by atoms with Crippen LogP contribution in [-0.4, -0.2) is 29.3 Å². The summed E-state index contributed by atoms with van der Waals surface area (Å²) in [6.45, 7) is 4.94. The van der Waals surface area contributed by atoms with Gasteiger partial charge >= 0.3 is 5.97 Å². The van der Waals surface area contributed by atoms with E-state index in [0.29, 0.717) is 18.2 Å². The fourth-order valence-electron chi connectivity index (χ4n) is 1.39. The minimum atomic E-state index is -0.942. The molecule has 5 heteroatoms. The van der Waals surface area contributed by atoms with E-state index < -0.39 is 5.97 Å². The Kier molecular flexibility index (Phi) is 6.42. The summed E-state index contributed by atoms with van der Waals surface area (Å²) in [5.74, 6) is -0.00251. The lowest BCUT2D eigenvalue weighted by atomic mass is 10.1. The largest absolute Gasteiger partial charge is 0.478 e. The van der Waals surface area contributed by atoms with Crippen LogP contribution in [0.3, 0.4) is 0 Å². The minimum absolute atomic E-state index is 0.00737. The number of carboxylic acids is 1. The Morgan fingerprint density at radius 3 is 2.42 bits per heavy atom. The summed E-state index contributed by atoms with van der Waals surface area (Å²) in [4.78, 5) is 23.1. The summed E-state index contributed by atoms with van der Waals surface area (Å²) >= 11 is 1.40. The number of benzene rings is 1. The lowest BCUT2D eigenvalue weighted by Gasteiger charge is -2.07. The second-order valence-electron chi connectivity index (χ2n) is 4.65. The number of carbonyl (C=O) groups is 2. The first-order valence-corrected chi connectivity index (χ1v) is 7.20. The normalized spacial score (nSPS) is 10.5. The number of amides is 1. The molecule has 0 aliphatic heterocycles. The van der Waals surface area contributed by atoms with Crippen LogP contribution >= 0.6 is 11.8 Å². The van der Waals surface area contributed by atoms with Crippen molar-refractivity contribution in [3.8, 4) is 0 Å². The highest BCUT2D eigenvalue weighted by Crippen LogP contribution is 2.18. The summed E-state index contributed by atoms with van der Waals surface area (Å²) < 4.78 is 0. The Morgan fingerprint density at radius 2 is 1.89 bits per heavy atom. The molecule has 104 valence electrons. The fourth-order valence-corrected chi connectivity index (χ4v) is 2.12. The zero-order chi connectivity index (χ0) is 14.3. The van der Waals surface area contributed by atoms with Gasteiger partial charge in [-0.05, 0) is 36.6 Å². The molecular weight excluding hydrogens is 262 g/mol. The van der Waals surface area contributed by atoms with Crippen LogP contribution in [0.5, 0.6) is 0 Å². The van der Waals surface area contributed by atoms with E-state index in [9.17, 15) is 9.59 Å². The molecule has 1 amide bonds. The van der Waals surface area contributed by atoms with Crippen molar-refractivity contribution in [3.05, 3.63) is 29.8 Å². The molecule has 4 nitrogen and oxygen atoms in total. The maximum atomic E-state index is 11.5. The summed E-state index contributed by atoms with van der Waals surface area (Å²) in [5, 5.41) is 11.6. The first-order chi connectivity index (χ1) is 8.99. The monoisotopic (exact) mass is 281 g/mol. The van der Waals surface area contributed by atoms with Crippen molar-refractivity contribution in [1.82, 2.24) is 5.32 Å². The van der Waals surface area contributed by atoms with Crippen LogP contribution in [0.4, 0.5) is 0 Å². The number of hydrogen-bond donors (Lipinski definition) is 2. The summed E-state index contributed by atoms with van der Waals surface area (Å²) in [6.07, 6.45) is 0.976. The van der Waals surface area contributed by atoms with Crippen molar-refractivity contribution in [2.45, 2.75) is 25.2 Å². The van der Waals surface area contributed by atoms with Crippen molar-refractivity contribution in [1.29, 1.82) is 0 Å². The third kappa shape index (κ3) is 6.29. The number of nitrogens with one attached hydrogen (secondary N) is 1. The number of rotatable bonds is 7. The van der Waals surface area contributed by atoms with E-state index in [1.54, 1.807) is 24.3 Å². The first kappa shape index (κ1) is 15.6. The smallest absolute Gasteiger partial charge is 0.335 e. The average molecular weight is 281 g/mol. The Bertz CT molecular complexity index is 429. The standard InChI is InChI=1S/C14H19NO3S/c1-10(2)7-8-15-13(16)9-19-12-5-3-11(4-6-12)14(17)18/h3-6,10H,7-9H2,1-2H3,(H,15,16)(H,17,18). The molecule has 0 aliphatic rings. The molecule has 19 heavy (non-hydrogen) atoms.